The second-order valence-electron chi connectivity index (χ2n) is 3.53. The number of nitrogens with one attached hydrogen (secondary N) is 1. The Morgan fingerprint density at radius 3 is 2.94 bits per heavy atom. The van der Waals surface area contributed by atoms with E-state index in [9.17, 15) is 0 Å². The average Bonchev–Trinajstić information content (AvgIpc) is 2.42. The van der Waals surface area contributed by atoms with Gasteiger partial charge in [0, 0.05) is 36.9 Å². The quantitative estimate of drug-likeness (QED) is 0.549. The van der Waals surface area contributed by atoms with Gasteiger partial charge in [0.2, 0.25) is 0 Å². The normalized spacial score (nSPS) is 10.1. The molecule has 1 heterocycles. The molecule has 0 aliphatic heterocycles. The molecule has 1 aromatic rings. The number of aromatic nitrogens is 1. The first-order valence-corrected chi connectivity index (χ1v) is 6.94. The molecule has 0 bridgehead atoms. The van der Waals surface area contributed by atoms with Gasteiger partial charge in [-0.25, -0.2) is 0 Å². The summed E-state index contributed by atoms with van der Waals surface area (Å²) in [5.74, 6) is 3.46. The maximum atomic E-state index is 5.32. The second-order valence-corrected chi connectivity index (χ2v) is 4.68. The van der Waals surface area contributed by atoms with Crippen molar-refractivity contribution in [2.45, 2.75) is 6.54 Å². The van der Waals surface area contributed by atoms with Crippen LogP contribution in [-0.2, 0) is 6.54 Å². The third kappa shape index (κ3) is 4.58. The Morgan fingerprint density at radius 2 is 2.28 bits per heavy atom. The number of ether oxygens (including phenoxy) is 2. The zero-order chi connectivity index (χ0) is 13.2. The smallest absolute Gasteiger partial charge is 0.183 e. The zero-order valence-electron chi connectivity index (χ0n) is 10.9. The summed E-state index contributed by atoms with van der Waals surface area (Å²) >= 11 is 1.85. The van der Waals surface area contributed by atoms with E-state index in [2.05, 4.69) is 16.9 Å². The number of rotatable bonds is 9. The van der Waals surface area contributed by atoms with E-state index in [0.717, 1.165) is 23.7 Å². The summed E-state index contributed by atoms with van der Waals surface area (Å²) in [5, 5.41) is 3.33. The molecule has 100 valence electrons. The van der Waals surface area contributed by atoms with Crippen LogP contribution in [0, 0.1) is 0 Å². The molecule has 0 amide bonds. The van der Waals surface area contributed by atoms with E-state index in [1.807, 2.05) is 17.8 Å². The van der Waals surface area contributed by atoms with Crippen LogP contribution in [0.3, 0.4) is 0 Å². The Kier molecular flexibility index (Phi) is 7.29. The highest BCUT2D eigenvalue weighted by molar-refractivity contribution is 7.99. The monoisotopic (exact) mass is 268 g/mol. The van der Waals surface area contributed by atoms with Crippen LogP contribution in [0.5, 0.6) is 11.5 Å². The topological polar surface area (TPSA) is 43.4 Å². The predicted molar refractivity (Wildman–Crippen MR) is 76.6 cm³/mol. The number of thioether (sulfide) groups is 1. The van der Waals surface area contributed by atoms with Gasteiger partial charge in [-0.05, 0) is 0 Å². The van der Waals surface area contributed by atoms with Crippen molar-refractivity contribution in [3.05, 3.63) is 30.6 Å². The van der Waals surface area contributed by atoms with E-state index in [1.54, 1.807) is 26.5 Å². The minimum atomic E-state index is 0.676. The third-order valence-electron chi connectivity index (χ3n) is 2.32. The number of methoxy groups -OCH3 is 2. The van der Waals surface area contributed by atoms with Gasteiger partial charge in [-0.15, -0.1) is 6.58 Å². The first-order valence-electron chi connectivity index (χ1n) is 5.78. The second kappa shape index (κ2) is 8.83. The highest BCUT2D eigenvalue weighted by atomic mass is 32.2. The summed E-state index contributed by atoms with van der Waals surface area (Å²) in [7, 11) is 3.25. The van der Waals surface area contributed by atoms with Crippen LogP contribution in [0.1, 0.15) is 5.69 Å². The summed E-state index contributed by atoms with van der Waals surface area (Å²) in [6.07, 6.45) is 3.64. The standard InChI is InChI=1S/C13H20N2O2S/c1-4-8-18-9-7-14-10-11-13(17-3)12(16-2)5-6-15-11/h4-6,14H,1,7-10H2,2-3H3. The molecule has 5 heteroatoms. The van der Waals surface area contributed by atoms with Crippen molar-refractivity contribution in [1.29, 1.82) is 0 Å². The lowest BCUT2D eigenvalue weighted by Crippen LogP contribution is -2.18. The van der Waals surface area contributed by atoms with Crippen molar-refractivity contribution < 1.29 is 9.47 Å². The van der Waals surface area contributed by atoms with Crippen molar-refractivity contribution in [2.24, 2.45) is 0 Å². The fraction of sp³-hybridized carbons (Fsp3) is 0.462. The molecule has 18 heavy (non-hydrogen) atoms. The maximum Gasteiger partial charge on any atom is 0.183 e. The lowest BCUT2D eigenvalue weighted by Gasteiger charge is -2.11. The van der Waals surface area contributed by atoms with Crippen LogP contribution in [0.4, 0.5) is 0 Å². The molecule has 1 aromatic heterocycles. The Balaban J connectivity index is 2.44. The van der Waals surface area contributed by atoms with Gasteiger partial charge in [-0.1, -0.05) is 6.08 Å². The minimum Gasteiger partial charge on any atom is -0.493 e. The van der Waals surface area contributed by atoms with Crippen molar-refractivity contribution in [3.63, 3.8) is 0 Å². The molecule has 1 rings (SSSR count). The van der Waals surface area contributed by atoms with E-state index < -0.39 is 0 Å². The van der Waals surface area contributed by atoms with Crippen molar-refractivity contribution in [2.75, 3.05) is 32.3 Å². The van der Waals surface area contributed by atoms with Gasteiger partial charge in [0.25, 0.3) is 0 Å². The van der Waals surface area contributed by atoms with Gasteiger partial charge in [-0.3, -0.25) is 4.98 Å². The van der Waals surface area contributed by atoms with Gasteiger partial charge >= 0.3 is 0 Å². The number of hydrogen-bond donors (Lipinski definition) is 1. The van der Waals surface area contributed by atoms with Gasteiger partial charge in [0.15, 0.2) is 11.5 Å². The summed E-state index contributed by atoms with van der Waals surface area (Å²) < 4.78 is 10.5. The molecule has 0 atom stereocenters. The molecular formula is C13H20N2O2S. The van der Waals surface area contributed by atoms with E-state index in [1.165, 1.54) is 0 Å². The molecule has 0 aliphatic rings. The number of pyridine rings is 1. The molecular weight excluding hydrogens is 248 g/mol. The molecule has 0 saturated carbocycles. The summed E-state index contributed by atoms with van der Waals surface area (Å²) in [6, 6.07) is 1.79. The van der Waals surface area contributed by atoms with E-state index in [-0.39, 0.29) is 0 Å². The van der Waals surface area contributed by atoms with Crippen molar-refractivity contribution in [1.82, 2.24) is 10.3 Å². The van der Waals surface area contributed by atoms with E-state index in [4.69, 9.17) is 9.47 Å². The van der Waals surface area contributed by atoms with Crippen LogP contribution < -0.4 is 14.8 Å². The molecule has 0 aliphatic carbocycles. The van der Waals surface area contributed by atoms with E-state index in [0.29, 0.717) is 18.0 Å². The van der Waals surface area contributed by atoms with Crippen molar-refractivity contribution in [3.8, 4) is 11.5 Å². The van der Waals surface area contributed by atoms with Crippen LogP contribution in [0.15, 0.2) is 24.9 Å². The minimum absolute atomic E-state index is 0.676. The summed E-state index contributed by atoms with van der Waals surface area (Å²) in [5.41, 5.74) is 0.866. The summed E-state index contributed by atoms with van der Waals surface area (Å²) in [6.45, 7) is 5.29. The summed E-state index contributed by atoms with van der Waals surface area (Å²) in [4.78, 5) is 4.30. The van der Waals surface area contributed by atoms with Gasteiger partial charge in [0.05, 0.1) is 19.9 Å². The fourth-order valence-electron chi connectivity index (χ4n) is 1.49. The van der Waals surface area contributed by atoms with Crippen LogP contribution >= 0.6 is 11.8 Å². The maximum absolute atomic E-state index is 5.32. The Bertz CT molecular complexity index is 372. The van der Waals surface area contributed by atoms with Crippen molar-refractivity contribution >= 4 is 11.8 Å². The molecule has 0 unspecified atom stereocenters. The lowest BCUT2D eigenvalue weighted by molar-refractivity contribution is 0.348. The molecule has 0 radical (unpaired) electrons. The predicted octanol–water partition coefficient (Wildman–Crippen LogP) is 2.11. The largest absolute Gasteiger partial charge is 0.493 e. The first kappa shape index (κ1) is 14.9. The molecule has 0 fully saturated rings. The average molecular weight is 268 g/mol. The van der Waals surface area contributed by atoms with Gasteiger partial charge < -0.3 is 14.8 Å². The Morgan fingerprint density at radius 1 is 1.44 bits per heavy atom. The van der Waals surface area contributed by atoms with Crippen LogP contribution in [0.2, 0.25) is 0 Å². The van der Waals surface area contributed by atoms with E-state index >= 15 is 0 Å². The highest BCUT2D eigenvalue weighted by Crippen LogP contribution is 2.28. The third-order valence-corrected chi connectivity index (χ3v) is 3.28. The SMILES string of the molecule is C=CCSCCNCc1nccc(OC)c1OC. The molecule has 0 aromatic carbocycles. The molecule has 0 saturated heterocycles. The molecule has 0 spiro atoms. The number of nitrogens with zero attached hydrogens (tertiary/aromatic N) is 1. The zero-order valence-corrected chi connectivity index (χ0v) is 11.8. The Labute approximate surface area is 113 Å². The molecule has 4 nitrogen and oxygen atoms in total. The lowest BCUT2D eigenvalue weighted by atomic mass is 10.3. The molecule has 1 N–H and O–H groups in total. The van der Waals surface area contributed by atoms with Crippen LogP contribution in [0.25, 0.3) is 0 Å². The van der Waals surface area contributed by atoms with Gasteiger partial charge in [-0.2, -0.15) is 11.8 Å². The Hall–Kier alpha value is -1.20. The highest BCUT2D eigenvalue weighted by Gasteiger charge is 2.09. The van der Waals surface area contributed by atoms with Gasteiger partial charge in [0.1, 0.15) is 0 Å². The first-order chi connectivity index (χ1) is 8.83. The van der Waals surface area contributed by atoms with Crippen LogP contribution in [-0.4, -0.2) is 37.3 Å². The fourth-order valence-corrected chi connectivity index (χ4v) is 2.12. The number of hydrogen-bond acceptors (Lipinski definition) is 5.